The van der Waals surface area contributed by atoms with E-state index >= 15 is 0 Å². The van der Waals surface area contributed by atoms with Crippen molar-refractivity contribution >= 4 is 30.8 Å². The molecule has 0 amide bonds. The third-order valence-electron chi connectivity index (χ3n) is 6.24. The van der Waals surface area contributed by atoms with Gasteiger partial charge in [0.2, 0.25) is 0 Å². The summed E-state index contributed by atoms with van der Waals surface area (Å²) in [5, 5.41) is 0.459. The largest absolute Gasteiger partial charge is 0.358 e. The summed E-state index contributed by atoms with van der Waals surface area (Å²) in [5.74, 6) is 3.50. The van der Waals surface area contributed by atoms with Gasteiger partial charge in [0.25, 0.3) is 0 Å². The minimum atomic E-state index is -1.82. The number of aromatic nitrogens is 3. The Morgan fingerprint density at radius 1 is 1.14 bits per heavy atom. The lowest BCUT2D eigenvalue weighted by Crippen LogP contribution is -2.43. The molecule has 0 radical (unpaired) electrons. The van der Waals surface area contributed by atoms with E-state index < -0.39 is 8.07 Å². The molecule has 28 heavy (non-hydrogen) atoms. The first-order valence-corrected chi connectivity index (χ1v) is 13.1. The molecule has 0 aliphatic carbocycles. The first kappa shape index (κ1) is 21.4. The number of imidazole rings is 1. The molecule has 4 nitrogen and oxygen atoms in total. The van der Waals surface area contributed by atoms with Crippen LogP contribution in [0.25, 0.3) is 11.2 Å². The van der Waals surface area contributed by atoms with E-state index in [4.69, 9.17) is 16.3 Å². The fraction of sp³-hybridized carbons (Fsp3) is 0.636. The Morgan fingerprint density at radius 2 is 1.82 bits per heavy atom. The quantitative estimate of drug-likeness (QED) is 0.330. The Morgan fingerprint density at radius 3 is 2.39 bits per heavy atom. The van der Waals surface area contributed by atoms with Crippen molar-refractivity contribution < 1.29 is 4.74 Å². The van der Waals surface area contributed by atoms with Crippen molar-refractivity contribution in [2.24, 2.45) is 0 Å². The van der Waals surface area contributed by atoms with Crippen LogP contribution in [0.1, 0.15) is 72.6 Å². The van der Waals surface area contributed by atoms with Gasteiger partial charge in [0.1, 0.15) is 25.0 Å². The van der Waals surface area contributed by atoms with Gasteiger partial charge in [-0.1, -0.05) is 59.1 Å². The summed E-state index contributed by atoms with van der Waals surface area (Å²) in [7, 11) is -1.82. The van der Waals surface area contributed by atoms with E-state index in [-0.39, 0.29) is 6.23 Å². The Bertz CT molecular complexity index is 867. The van der Waals surface area contributed by atoms with Crippen LogP contribution in [0.5, 0.6) is 0 Å². The highest BCUT2D eigenvalue weighted by atomic mass is 35.5. The summed E-state index contributed by atoms with van der Waals surface area (Å²) in [5.41, 5.74) is 8.01. The number of pyridine rings is 1. The first-order valence-electron chi connectivity index (χ1n) is 10.4. The van der Waals surface area contributed by atoms with Gasteiger partial charge in [0, 0.05) is 6.61 Å². The van der Waals surface area contributed by atoms with E-state index in [9.17, 15) is 0 Å². The predicted octanol–water partition coefficient (Wildman–Crippen LogP) is 6.35. The number of rotatable bonds is 4. The van der Waals surface area contributed by atoms with Crippen LogP contribution >= 0.6 is 11.6 Å². The summed E-state index contributed by atoms with van der Waals surface area (Å²) in [6.07, 6.45) is 5.06. The fourth-order valence-electron chi connectivity index (χ4n) is 4.83. The summed E-state index contributed by atoms with van der Waals surface area (Å²) in [6.45, 7) is 14.7. The molecule has 2 aromatic rings. The van der Waals surface area contributed by atoms with Crippen LogP contribution < -0.4 is 0 Å². The second-order valence-electron chi connectivity index (χ2n) is 8.78. The summed E-state index contributed by atoms with van der Waals surface area (Å²) >= 11 is 6.38. The van der Waals surface area contributed by atoms with E-state index in [1.807, 2.05) is 17.0 Å². The van der Waals surface area contributed by atoms with Crippen LogP contribution in [0.2, 0.25) is 21.8 Å². The van der Waals surface area contributed by atoms with E-state index in [1.54, 1.807) is 0 Å². The molecular formula is C22H32ClN3OSi. The molecule has 1 unspecified atom stereocenters. The van der Waals surface area contributed by atoms with Crippen molar-refractivity contribution in [3.8, 4) is 11.5 Å². The highest BCUT2D eigenvalue weighted by molar-refractivity contribution is 6.90. The molecule has 3 heterocycles. The van der Waals surface area contributed by atoms with Crippen LogP contribution in [0, 0.1) is 11.5 Å². The average Bonchev–Trinajstić information content (AvgIpc) is 3.05. The topological polar surface area (TPSA) is 39.9 Å². The lowest BCUT2D eigenvalue weighted by Gasteiger charge is -2.38. The zero-order valence-electron chi connectivity index (χ0n) is 17.9. The monoisotopic (exact) mass is 417 g/mol. The van der Waals surface area contributed by atoms with E-state index in [0.717, 1.165) is 42.6 Å². The van der Waals surface area contributed by atoms with Crippen LogP contribution in [-0.4, -0.2) is 29.2 Å². The highest BCUT2D eigenvalue weighted by Gasteiger charge is 2.41. The molecule has 6 heteroatoms. The maximum absolute atomic E-state index is 6.38. The molecule has 0 N–H and O–H groups in total. The standard InChI is InChI=1S/C22H32ClN3OSi/c1-15(2)28(16(3)4,17(5)6)12-10-18-13-19(23)25-22-21(18)24-14-26(22)20-9-7-8-11-27-20/h13-17,20H,7-9,11H2,1-6H3. The number of ether oxygens (including phenoxy) is 1. The van der Waals surface area contributed by atoms with Crippen LogP contribution in [0.3, 0.4) is 0 Å². The van der Waals surface area contributed by atoms with Gasteiger partial charge in [0.15, 0.2) is 5.65 Å². The summed E-state index contributed by atoms with van der Waals surface area (Å²) < 4.78 is 7.95. The van der Waals surface area contributed by atoms with Gasteiger partial charge in [-0.15, -0.1) is 5.54 Å². The lowest BCUT2D eigenvalue weighted by molar-refractivity contribution is -0.0298. The Balaban J connectivity index is 2.10. The molecule has 1 fully saturated rings. The average molecular weight is 418 g/mol. The second-order valence-corrected chi connectivity index (χ2v) is 14.8. The van der Waals surface area contributed by atoms with Crippen molar-refractivity contribution in [2.75, 3.05) is 6.61 Å². The Labute approximate surface area is 175 Å². The van der Waals surface area contributed by atoms with E-state index in [1.165, 1.54) is 0 Å². The number of hydrogen-bond donors (Lipinski definition) is 0. The summed E-state index contributed by atoms with van der Waals surface area (Å²) in [4.78, 5) is 9.20. The molecule has 3 rings (SSSR count). The van der Waals surface area contributed by atoms with Crippen molar-refractivity contribution in [1.29, 1.82) is 0 Å². The van der Waals surface area contributed by atoms with Gasteiger partial charge in [-0.05, 0) is 42.0 Å². The zero-order valence-corrected chi connectivity index (χ0v) is 19.7. The maximum atomic E-state index is 6.38. The lowest BCUT2D eigenvalue weighted by atomic mass is 10.2. The predicted molar refractivity (Wildman–Crippen MR) is 119 cm³/mol. The summed E-state index contributed by atoms with van der Waals surface area (Å²) in [6, 6.07) is 1.86. The molecule has 1 aliphatic heterocycles. The Hall–Kier alpha value is -1.35. The maximum Gasteiger partial charge on any atom is 0.164 e. The molecule has 152 valence electrons. The molecule has 1 atom stereocenters. The molecule has 2 aromatic heterocycles. The van der Waals surface area contributed by atoms with Gasteiger partial charge in [0.05, 0.1) is 11.9 Å². The Kier molecular flexibility index (Phi) is 6.53. The van der Waals surface area contributed by atoms with Crippen molar-refractivity contribution in [3.05, 3.63) is 23.1 Å². The molecule has 1 saturated heterocycles. The molecule has 0 bridgehead atoms. The van der Waals surface area contributed by atoms with Crippen LogP contribution in [0.15, 0.2) is 12.4 Å². The number of hydrogen-bond acceptors (Lipinski definition) is 3. The van der Waals surface area contributed by atoms with Gasteiger partial charge in [-0.3, -0.25) is 4.57 Å². The number of halogens is 1. The van der Waals surface area contributed by atoms with Gasteiger partial charge < -0.3 is 4.74 Å². The van der Waals surface area contributed by atoms with E-state index in [0.29, 0.717) is 21.8 Å². The third kappa shape index (κ3) is 3.87. The minimum Gasteiger partial charge on any atom is -0.358 e. The first-order chi connectivity index (χ1) is 13.3. The number of nitrogens with zero attached hydrogens (tertiary/aromatic N) is 3. The van der Waals surface area contributed by atoms with Gasteiger partial charge in [-0.25, -0.2) is 9.97 Å². The van der Waals surface area contributed by atoms with Gasteiger partial charge >= 0.3 is 0 Å². The third-order valence-corrected chi connectivity index (χ3v) is 12.7. The van der Waals surface area contributed by atoms with Gasteiger partial charge in [-0.2, -0.15) is 0 Å². The van der Waals surface area contributed by atoms with Crippen molar-refractivity contribution in [3.63, 3.8) is 0 Å². The van der Waals surface area contributed by atoms with Crippen molar-refractivity contribution in [2.45, 2.75) is 83.7 Å². The molecule has 1 aliphatic rings. The molecule has 0 saturated carbocycles. The highest BCUT2D eigenvalue weighted by Crippen LogP contribution is 2.41. The number of fused-ring (bicyclic) bond motifs is 1. The minimum absolute atomic E-state index is 0.0130. The van der Waals surface area contributed by atoms with E-state index in [2.05, 4.69) is 63.0 Å². The fourth-order valence-corrected chi connectivity index (χ4v) is 10.2. The van der Waals surface area contributed by atoms with Crippen LogP contribution in [-0.2, 0) is 4.74 Å². The van der Waals surface area contributed by atoms with Crippen LogP contribution in [0.4, 0.5) is 0 Å². The normalized spacial score (nSPS) is 18.1. The smallest absolute Gasteiger partial charge is 0.164 e. The molecular weight excluding hydrogens is 386 g/mol. The van der Waals surface area contributed by atoms with Crippen molar-refractivity contribution in [1.82, 2.24) is 14.5 Å². The molecule has 0 aromatic carbocycles. The molecule has 0 spiro atoms. The second kappa shape index (κ2) is 8.57. The zero-order chi connectivity index (χ0) is 20.5. The SMILES string of the molecule is CC(C)[Si](C#Cc1cc(Cl)nc2c1ncn2C1CCCCO1)(C(C)C)C(C)C.